The molecule has 2 N–H and O–H groups in total. The summed E-state index contributed by atoms with van der Waals surface area (Å²) in [5, 5.41) is 0. The molecule has 1 aliphatic rings. The molecule has 0 heterocycles. The van der Waals surface area contributed by atoms with Gasteiger partial charge in [0.1, 0.15) is 11.6 Å². The summed E-state index contributed by atoms with van der Waals surface area (Å²) >= 11 is 0. The third kappa shape index (κ3) is 2.97. The van der Waals surface area contributed by atoms with Gasteiger partial charge >= 0.3 is 0 Å². The molecule has 106 valence electrons. The molecular weight excluding hydrogens is 244 g/mol. The minimum absolute atomic E-state index is 0.315. The molecule has 1 fully saturated rings. The highest BCUT2D eigenvalue weighted by Crippen LogP contribution is 2.39. The normalized spacial score (nSPS) is 25.3. The van der Waals surface area contributed by atoms with Crippen LogP contribution in [0, 0.1) is 30.4 Å². The molecule has 19 heavy (non-hydrogen) atoms. The number of halogens is 2. The van der Waals surface area contributed by atoms with Gasteiger partial charge < -0.3 is 5.73 Å². The van der Waals surface area contributed by atoms with Crippen LogP contribution in [0.15, 0.2) is 12.1 Å². The number of hydrogen-bond acceptors (Lipinski definition) is 1. The maximum Gasteiger partial charge on any atom is 0.130 e. The summed E-state index contributed by atoms with van der Waals surface area (Å²) < 4.78 is 27.3. The van der Waals surface area contributed by atoms with Crippen LogP contribution in [0.2, 0.25) is 0 Å². The van der Waals surface area contributed by atoms with Crippen molar-refractivity contribution in [2.45, 2.75) is 52.0 Å². The van der Waals surface area contributed by atoms with Crippen molar-refractivity contribution < 1.29 is 8.78 Å². The van der Waals surface area contributed by atoms with Gasteiger partial charge in [-0.15, -0.1) is 0 Å². The van der Waals surface area contributed by atoms with E-state index in [1.54, 1.807) is 13.0 Å². The molecule has 0 amide bonds. The van der Waals surface area contributed by atoms with Gasteiger partial charge in [-0.05, 0) is 36.8 Å². The van der Waals surface area contributed by atoms with Crippen LogP contribution in [-0.4, -0.2) is 0 Å². The summed E-state index contributed by atoms with van der Waals surface area (Å²) in [7, 11) is 0. The number of hydrogen-bond donors (Lipinski definition) is 1. The first-order valence-electron chi connectivity index (χ1n) is 7.25. The standard InChI is InChI=1S/C16H23F2N/c1-3-11-6-4-5-7-12(11)16(19)13-8-10(2)14(17)9-15(13)18/h8-9,11-12,16H,3-7,19H2,1-2H3. The second-order valence-corrected chi connectivity index (χ2v) is 5.77. The average Bonchev–Trinajstić information content (AvgIpc) is 2.42. The summed E-state index contributed by atoms with van der Waals surface area (Å²) in [4.78, 5) is 0. The van der Waals surface area contributed by atoms with Gasteiger partial charge in [0.15, 0.2) is 0 Å². The van der Waals surface area contributed by atoms with E-state index in [1.807, 2.05) is 0 Å². The molecule has 3 unspecified atom stereocenters. The average molecular weight is 267 g/mol. The van der Waals surface area contributed by atoms with Crippen molar-refractivity contribution in [3.05, 3.63) is 34.9 Å². The lowest BCUT2D eigenvalue weighted by molar-refractivity contribution is 0.194. The molecule has 0 saturated heterocycles. The Morgan fingerprint density at radius 3 is 2.58 bits per heavy atom. The number of aryl methyl sites for hydroxylation is 1. The Balaban J connectivity index is 2.27. The van der Waals surface area contributed by atoms with Crippen molar-refractivity contribution in [3.8, 4) is 0 Å². The van der Waals surface area contributed by atoms with E-state index in [0.29, 0.717) is 23.0 Å². The Labute approximate surface area is 114 Å². The fourth-order valence-corrected chi connectivity index (χ4v) is 3.38. The zero-order chi connectivity index (χ0) is 14.0. The molecular formula is C16H23F2N. The molecule has 1 aromatic rings. The molecule has 3 atom stereocenters. The van der Waals surface area contributed by atoms with Crippen LogP contribution >= 0.6 is 0 Å². The number of benzene rings is 1. The molecule has 0 aliphatic heterocycles. The molecule has 1 saturated carbocycles. The van der Waals surface area contributed by atoms with Gasteiger partial charge in [0.05, 0.1) is 0 Å². The molecule has 1 aliphatic carbocycles. The SMILES string of the molecule is CCC1CCCCC1C(N)c1cc(C)c(F)cc1F. The van der Waals surface area contributed by atoms with Crippen molar-refractivity contribution in [2.24, 2.45) is 17.6 Å². The second-order valence-electron chi connectivity index (χ2n) is 5.77. The Morgan fingerprint density at radius 2 is 1.89 bits per heavy atom. The highest BCUT2D eigenvalue weighted by atomic mass is 19.1. The van der Waals surface area contributed by atoms with Crippen LogP contribution < -0.4 is 5.73 Å². The molecule has 3 heteroatoms. The van der Waals surface area contributed by atoms with Gasteiger partial charge in [0.2, 0.25) is 0 Å². The molecule has 1 nitrogen and oxygen atoms in total. The summed E-state index contributed by atoms with van der Waals surface area (Å²) in [6, 6.07) is 2.23. The third-order valence-corrected chi connectivity index (χ3v) is 4.59. The van der Waals surface area contributed by atoms with Crippen molar-refractivity contribution in [3.63, 3.8) is 0 Å². The van der Waals surface area contributed by atoms with Crippen LogP contribution in [0.3, 0.4) is 0 Å². The topological polar surface area (TPSA) is 26.0 Å². The zero-order valence-corrected chi connectivity index (χ0v) is 11.8. The van der Waals surface area contributed by atoms with Crippen LogP contribution in [0.1, 0.15) is 56.2 Å². The van der Waals surface area contributed by atoms with E-state index in [2.05, 4.69) is 6.92 Å². The Hall–Kier alpha value is -0.960. The maximum absolute atomic E-state index is 13.9. The molecule has 0 bridgehead atoms. The molecule has 2 rings (SSSR count). The first kappa shape index (κ1) is 14.4. The van der Waals surface area contributed by atoms with Crippen molar-refractivity contribution >= 4 is 0 Å². The van der Waals surface area contributed by atoms with Crippen LogP contribution in [0.25, 0.3) is 0 Å². The third-order valence-electron chi connectivity index (χ3n) is 4.59. The molecule has 1 aromatic carbocycles. The summed E-state index contributed by atoms with van der Waals surface area (Å²) in [6.45, 7) is 3.82. The lowest BCUT2D eigenvalue weighted by Gasteiger charge is -2.35. The Bertz CT molecular complexity index is 445. The minimum Gasteiger partial charge on any atom is -0.324 e. The van der Waals surface area contributed by atoms with Gasteiger partial charge in [0, 0.05) is 17.7 Å². The fourth-order valence-electron chi connectivity index (χ4n) is 3.38. The van der Waals surface area contributed by atoms with Crippen molar-refractivity contribution in [1.29, 1.82) is 0 Å². The summed E-state index contributed by atoms with van der Waals surface area (Å²) in [5.74, 6) is -0.119. The Kier molecular flexibility index (Phi) is 4.56. The van der Waals surface area contributed by atoms with E-state index >= 15 is 0 Å². The number of nitrogens with two attached hydrogens (primary N) is 1. The van der Waals surface area contributed by atoms with Gasteiger partial charge in [0.25, 0.3) is 0 Å². The van der Waals surface area contributed by atoms with E-state index in [-0.39, 0.29) is 6.04 Å². The van der Waals surface area contributed by atoms with Gasteiger partial charge in [-0.2, -0.15) is 0 Å². The predicted molar refractivity (Wildman–Crippen MR) is 73.8 cm³/mol. The number of rotatable bonds is 3. The van der Waals surface area contributed by atoms with Crippen LogP contribution in [0.4, 0.5) is 8.78 Å². The first-order chi connectivity index (χ1) is 9.04. The van der Waals surface area contributed by atoms with E-state index in [0.717, 1.165) is 25.3 Å². The Morgan fingerprint density at radius 1 is 1.21 bits per heavy atom. The van der Waals surface area contributed by atoms with Crippen LogP contribution in [-0.2, 0) is 0 Å². The smallest absolute Gasteiger partial charge is 0.130 e. The lowest BCUT2D eigenvalue weighted by Crippen LogP contribution is -2.31. The minimum atomic E-state index is -0.504. The summed E-state index contributed by atoms with van der Waals surface area (Å²) in [5.41, 5.74) is 7.24. The van der Waals surface area contributed by atoms with E-state index in [4.69, 9.17) is 5.73 Å². The van der Waals surface area contributed by atoms with E-state index in [1.165, 1.54) is 12.8 Å². The quantitative estimate of drug-likeness (QED) is 0.858. The molecule has 0 aromatic heterocycles. The molecule has 0 radical (unpaired) electrons. The molecule has 0 spiro atoms. The highest BCUT2D eigenvalue weighted by molar-refractivity contribution is 5.28. The zero-order valence-electron chi connectivity index (χ0n) is 11.8. The van der Waals surface area contributed by atoms with Crippen molar-refractivity contribution in [1.82, 2.24) is 0 Å². The van der Waals surface area contributed by atoms with Crippen LogP contribution in [0.5, 0.6) is 0 Å². The monoisotopic (exact) mass is 267 g/mol. The maximum atomic E-state index is 13.9. The van der Waals surface area contributed by atoms with Gasteiger partial charge in [-0.1, -0.05) is 32.6 Å². The lowest BCUT2D eigenvalue weighted by atomic mass is 9.72. The van der Waals surface area contributed by atoms with Crippen molar-refractivity contribution in [2.75, 3.05) is 0 Å². The largest absolute Gasteiger partial charge is 0.324 e. The predicted octanol–water partition coefficient (Wildman–Crippen LogP) is 4.49. The highest BCUT2D eigenvalue weighted by Gasteiger charge is 2.31. The fraction of sp³-hybridized carbons (Fsp3) is 0.625. The first-order valence-corrected chi connectivity index (χ1v) is 7.25. The second kappa shape index (κ2) is 6.00. The van der Waals surface area contributed by atoms with Gasteiger partial charge in [-0.25, -0.2) is 8.78 Å². The van der Waals surface area contributed by atoms with Gasteiger partial charge in [-0.3, -0.25) is 0 Å². The van der Waals surface area contributed by atoms with E-state index in [9.17, 15) is 8.78 Å². The summed E-state index contributed by atoms with van der Waals surface area (Å²) in [6.07, 6.45) is 5.72. The van der Waals surface area contributed by atoms with E-state index < -0.39 is 11.6 Å².